The predicted octanol–water partition coefficient (Wildman–Crippen LogP) is 0.986. The Balaban J connectivity index is 2.83. The summed E-state index contributed by atoms with van der Waals surface area (Å²) in [4.78, 5) is 23.7. The van der Waals surface area contributed by atoms with Gasteiger partial charge in [0.25, 0.3) is 11.5 Å². The fourth-order valence-electron chi connectivity index (χ4n) is 2.26. The Morgan fingerprint density at radius 1 is 1.40 bits per heavy atom. The zero-order valence-electron chi connectivity index (χ0n) is 11.5. The highest BCUT2D eigenvalue weighted by atomic mass is 16.2. The molecule has 0 bridgehead atoms. The van der Waals surface area contributed by atoms with Crippen LogP contribution < -0.4 is 11.3 Å². The van der Waals surface area contributed by atoms with Crippen molar-refractivity contribution < 1.29 is 4.79 Å². The monoisotopic (exact) mass is 272 g/mol. The van der Waals surface area contributed by atoms with Crippen LogP contribution in [-0.4, -0.2) is 20.7 Å². The number of hydrogen-bond donors (Lipinski definition) is 1. The lowest BCUT2D eigenvalue weighted by atomic mass is 10.0. The van der Waals surface area contributed by atoms with Gasteiger partial charge in [0.1, 0.15) is 5.56 Å². The van der Waals surface area contributed by atoms with E-state index in [4.69, 9.17) is 5.73 Å². The van der Waals surface area contributed by atoms with Crippen molar-refractivity contribution in [3.8, 4) is 11.3 Å². The Kier molecular flexibility index (Phi) is 3.93. The molecule has 104 valence electrons. The Labute approximate surface area is 116 Å². The van der Waals surface area contributed by atoms with Gasteiger partial charge in [0.2, 0.25) is 0 Å². The third-order valence-electron chi connectivity index (χ3n) is 3.17. The highest BCUT2D eigenvalue weighted by molar-refractivity contribution is 5.93. The van der Waals surface area contributed by atoms with Gasteiger partial charge in [-0.25, -0.2) is 0 Å². The lowest BCUT2D eigenvalue weighted by Crippen LogP contribution is -2.31. The van der Waals surface area contributed by atoms with Crippen LogP contribution in [0.25, 0.3) is 11.3 Å². The summed E-state index contributed by atoms with van der Waals surface area (Å²) in [5.41, 5.74) is 7.07. The lowest BCUT2D eigenvalue weighted by Gasteiger charge is -2.15. The van der Waals surface area contributed by atoms with Gasteiger partial charge in [-0.1, -0.05) is 6.92 Å². The Hall–Kier alpha value is -2.50. The Morgan fingerprint density at radius 2 is 2.15 bits per heavy atom. The minimum absolute atomic E-state index is 0.0234. The van der Waals surface area contributed by atoms with Gasteiger partial charge in [0.05, 0.1) is 5.69 Å². The molecule has 0 spiro atoms. The molecule has 0 saturated carbocycles. The largest absolute Gasteiger partial charge is 0.365 e. The summed E-state index contributed by atoms with van der Waals surface area (Å²) in [5.74, 6) is -0.731. The van der Waals surface area contributed by atoms with E-state index in [0.717, 1.165) is 11.3 Å². The average molecular weight is 272 g/mol. The van der Waals surface area contributed by atoms with Crippen molar-refractivity contribution in [1.29, 1.82) is 0 Å². The first-order valence-corrected chi connectivity index (χ1v) is 6.44. The van der Waals surface area contributed by atoms with Crippen molar-refractivity contribution in [2.45, 2.75) is 26.8 Å². The number of pyridine rings is 1. The molecular weight excluding hydrogens is 256 g/mol. The molecule has 0 aliphatic carbocycles. The quantitative estimate of drug-likeness (QED) is 0.898. The molecule has 2 rings (SSSR count). The SMILES string of the molecule is CCc1c(-c2cccnn2)cc(C(N)=O)c(=O)n1CC. The molecule has 0 aromatic carbocycles. The minimum Gasteiger partial charge on any atom is -0.365 e. The van der Waals surface area contributed by atoms with Crippen molar-refractivity contribution in [3.05, 3.63) is 46.0 Å². The van der Waals surface area contributed by atoms with Crippen LogP contribution in [0.2, 0.25) is 0 Å². The molecule has 0 saturated heterocycles. The summed E-state index contributed by atoms with van der Waals surface area (Å²) in [6, 6.07) is 5.06. The van der Waals surface area contributed by atoms with Crippen LogP contribution >= 0.6 is 0 Å². The molecule has 2 heterocycles. The van der Waals surface area contributed by atoms with E-state index in [1.165, 1.54) is 6.07 Å². The summed E-state index contributed by atoms with van der Waals surface area (Å²) < 4.78 is 1.56. The van der Waals surface area contributed by atoms with Crippen LogP contribution in [0, 0.1) is 0 Å². The van der Waals surface area contributed by atoms with E-state index in [-0.39, 0.29) is 11.1 Å². The zero-order valence-corrected chi connectivity index (χ0v) is 11.5. The van der Waals surface area contributed by atoms with Crippen LogP contribution in [0.4, 0.5) is 0 Å². The van der Waals surface area contributed by atoms with Crippen LogP contribution in [0.5, 0.6) is 0 Å². The predicted molar refractivity (Wildman–Crippen MR) is 75.3 cm³/mol. The summed E-state index contributed by atoms with van der Waals surface area (Å²) in [7, 11) is 0. The summed E-state index contributed by atoms with van der Waals surface area (Å²) in [6.07, 6.45) is 2.22. The molecule has 0 aliphatic rings. The number of hydrogen-bond acceptors (Lipinski definition) is 4. The summed E-state index contributed by atoms with van der Waals surface area (Å²) in [6.45, 7) is 4.27. The van der Waals surface area contributed by atoms with Crippen molar-refractivity contribution in [3.63, 3.8) is 0 Å². The highest BCUT2D eigenvalue weighted by Crippen LogP contribution is 2.21. The molecule has 0 fully saturated rings. The van der Waals surface area contributed by atoms with Crippen LogP contribution in [-0.2, 0) is 13.0 Å². The second kappa shape index (κ2) is 5.64. The Bertz CT molecular complexity index is 692. The fourth-order valence-corrected chi connectivity index (χ4v) is 2.26. The highest BCUT2D eigenvalue weighted by Gasteiger charge is 2.17. The number of aromatic nitrogens is 3. The van der Waals surface area contributed by atoms with Crippen LogP contribution in [0.3, 0.4) is 0 Å². The topological polar surface area (TPSA) is 90.9 Å². The van der Waals surface area contributed by atoms with Crippen molar-refractivity contribution >= 4 is 5.91 Å². The van der Waals surface area contributed by atoms with Gasteiger partial charge in [0, 0.05) is 24.0 Å². The molecule has 2 N–H and O–H groups in total. The minimum atomic E-state index is -0.731. The maximum atomic E-state index is 12.2. The molecule has 1 amide bonds. The first-order chi connectivity index (χ1) is 9.60. The number of nitrogens with zero attached hydrogens (tertiary/aromatic N) is 3. The van der Waals surface area contributed by atoms with Gasteiger partial charge in [-0.15, -0.1) is 0 Å². The smallest absolute Gasteiger partial charge is 0.263 e. The first-order valence-electron chi connectivity index (χ1n) is 6.44. The van der Waals surface area contributed by atoms with E-state index < -0.39 is 5.91 Å². The number of nitrogens with two attached hydrogens (primary N) is 1. The fraction of sp³-hybridized carbons (Fsp3) is 0.286. The third-order valence-corrected chi connectivity index (χ3v) is 3.17. The second-order valence-electron chi connectivity index (χ2n) is 4.29. The van der Waals surface area contributed by atoms with E-state index in [2.05, 4.69) is 10.2 Å². The van der Waals surface area contributed by atoms with Gasteiger partial charge < -0.3 is 10.3 Å². The van der Waals surface area contributed by atoms with Gasteiger partial charge >= 0.3 is 0 Å². The Morgan fingerprint density at radius 3 is 2.65 bits per heavy atom. The van der Waals surface area contributed by atoms with E-state index >= 15 is 0 Å². The lowest BCUT2D eigenvalue weighted by molar-refractivity contribution is 0.0998. The van der Waals surface area contributed by atoms with E-state index in [1.54, 1.807) is 22.9 Å². The molecular formula is C14H16N4O2. The molecule has 2 aromatic rings. The summed E-state index contributed by atoms with van der Waals surface area (Å²) >= 11 is 0. The number of carbonyl (C=O) groups is 1. The molecule has 0 radical (unpaired) electrons. The molecule has 6 nitrogen and oxygen atoms in total. The molecule has 0 unspecified atom stereocenters. The van der Waals surface area contributed by atoms with Gasteiger partial charge in [0.15, 0.2) is 0 Å². The number of rotatable bonds is 4. The molecule has 20 heavy (non-hydrogen) atoms. The van der Waals surface area contributed by atoms with Crippen LogP contribution in [0.15, 0.2) is 29.2 Å². The molecule has 6 heteroatoms. The first kappa shape index (κ1) is 13.9. The van der Waals surface area contributed by atoms with Crippen LogP contribution in [0.1, 0.15) is 29.9 Å². The number of carbonyl (C=O) groups excluding carboxylic acids is 1. The van der Waals surface area contributed by atoms with E-state index in [0.29, 0.717) is 18.7 Å². The van der Waals surface area contributed by atoms with Gasteiger partial charge in [-0.2, -0.15) is 10.2 Å². The maximum absolute atomic E-state index is 12.2. The van der Waals surface area contributed by atoms with E-state index in [9.17, 15) is 9.59 Å². The standard InChI is InChI=1S/C14H16N4O2/c1-3-12-9(11-6-5-7-16-17-11)8-10(13(15)19)14(20)18(12)4-2/h5-8H,3-4H2,1-2H3,(H2,15,19). The summed E-state index contributed by atoms with van der Waals surface area (Å²) in [5, 5.41) is 7.88. The molecule has 0 atom stereocenters. The molecule has 2 aromatic heterocycles. The van der Waals surface area contributed by atoms with E-state index in [1.807, 2.05) is 13.8 Å². The van der Waals surface area contributed by atoms with Crippen molar-refractivity contribution in [2.75, 3.05) is 0 Å². The maximum Gasteiger partial charge on any atom is 0.263 e. The van der Waals surface area contributed by atoms with Gasteiger partial charge in [-0.05, 0) is 31.5 Å². The third kappa shape index (κ3) is 2.32. The molecule has 0 aliphatic heterocycles. The van der Waals surface area contributed by atoms with Gasteiger partial charge in [-0.3, -0.25) is 9.59 Å². The van der Waals surface area contributed by atoms with Crippen molar-refractivity contribution in [2.24, 2.45) is 5.73 Å². The second-order valence-corrected chi connectivity index (χ2v) is 4.29. The normalized spacial score (nSPS) is 10.5. The number of amides is 1. The number of primary amides is 1. The average Bonchev–Trinajstić information content (AvgIpc) is 2.47. The van der Waals surface area contributed by atoms with Crippen molar-refractivity contribution in [1.82, 2.24) is 14.8 Å². The zero-order chi connectivity index (χ0) is 14.7.